The minimum absolute atomic E-state index is 0.0993. The Bertz CT molecular complexity index is 335. The molecule has 1 aliphatic rings. The van der Waals surface area contributed by atoms with Crippen LogP contribution in [0, 0.1) is 11.3 Å². The van der Waals surface area contributed by atoms with Crippen molar-refractivity contribution < 1.29 is 9.59 Å². The van der Waals surface area contributed by atoms with Crippen LogP contribution in [0.3, 0.4) is 0 Å². The number of carbonyl (C=O) groups is 2. The molecule has 0 aliphatic carbocycles. The van der Waals surface area contributed by atoms with Crippen LogP contribution in [0.5, 0.6) is 0 Å². The Kier molecular flexibility index (Phi) is 6.03. The van der Waals surface area contributed by atoms with Gasteiger partial charge in [-0.25, -0.2) is 0 Å². The van der Waals surface area contributed by atoms with Gasteiger partial charge in [0.15, 0.2) is 0 Å². The van der Waals surface area contributed by atoms with Gasteiger partial charge in [0.25, 0.3) is 0 Å². The maximum absolute atomic E-state index is 12.3. The summed E-state index contributed by atoms with van der Waals surface area (Å²) < 4.78 is 0. The molecule has 0 spiro atoms. The summed E-state index contributed by atoms with van der Waals surface area (Å²) in [4.78, 5) is 26.2. The van der Waals surface area contributed by atoms with Gasteiger partial charge >= 0.3 is 0 Å². The van der Waals surface area contributed by atoms with Gasteiger partial charge in [-0.1, -0.05) is 34.6 Å². The molecule has 1 fully saturated rings. The van der Waals surface area contributed by atoms with Gasteiger partial charge in [0, 0.05) is 30.5 Å². The Morgan fingerprint density at radius 1 is 1.15 bits per heavy atom. The molecule has 0 aromatic rings. The third-order valence-corrected chi connectivity index (χ3v) is 4.16. The van der Waals surface area contributed by atoms with Crippen LogP contribution in [0.1, 0.15) is 60.3 Å². The number of piperidine rings is 1. The molecule has 1 aliphatic heterocycles. The average Bonchev–Trinajstić information content (AvgIpc) is 2.39. The van der Waals surface area contributed by atoms with Crippen molar-refractivity contribution in [2.24, 2.45) is 11.3 Å². The van der Waals surface area contributed by atoms with E-state index in [9.17, 15) is 9.59 Å². The van der Waals surface area contributed by atoms with E-state index in [2.05, 4.69) is 19.2 Å². The zero-order valence-electron chi connectivity index (χ0n) is 13.7. The van der Waals surface area contributed by atoms with E-state index in [1.165, 1.54) is 0 Å². The lowest BCUT2D eigenvalue weighted by molar-refractivity contribution is -0.137. The molecule has 2 amide bonds. The first-order chi connectivity index (χ1) is 9.29. The largest absolute Gasteiger partial charge is 0.353 e. The van der Waals surface area contributed by atoms with Gasteiger partial charge in [0.1, 0.15) is 0 Å². The van der Waals surface area contributed by atoms with E-state index in [1.54, 1.807) is 0 Å². The van der Waals surface area contributed by atoms with E-state index in [4.69, 9.17) is 0 Å². The third kappa shape index (κ3) is 4.50. The lowest BCUT2D eigenvalue weighted by Crippen LogP contribution is -2.49. The van der Waals surface area contributed by atoms with E-state index in [0.717, 1.165) is 38.8 Å². The third-order valence-electron chi connectivity index (χ3n) is 4.16. The summed E-state index contributed by atoms with van der Waals surface area (Å²) in [7, 11) is 0. The zero-order chi connectivity index (χ0) is 15.3. The first-order valence-corrected chi connectivity index (χ1v) is 7.89. The highest BCUT2D eigenvalue weighted by Gasteiger charge is 2.29. The Morgan fingerprint density at radius 3 is 2.05 bits per heavy atom. The minimum atomic E-state index is -0.345. The lowest BCUT2D eigenvalue weighted by Gasteiger charge is -2.35. The average molecular weight is 282 g/mol. The fraction of sp³-hybridized carbons (Fsp3) is 0.875. The molecule has 0 aromatic carbocycles. The summed E-state index contributed by atoms with van der Waals surface area (Å²) in [5, 5.41) is 3.10. The van der Waals surface area contributed by atoms with Crippen LogP contribution in [0.4, 0.5) is 0 Å². The van der Waals surface area contributed by atoms with Crippen LogP contribution < -0.4 is 5.32 Å². The molecule has 1 rings (SSSR count). The summed E-state index contributed by atoms with van der Waals surface area (Å²) in [6.45, 7) is 11.5. The summed E-state index contributed by atoms with van der Waals surface area (Å²) in [5.74, 6) is 0.550. The number of amides is 2. The topological polar surface area (TPSA) is 49.4 Å². The highest BCUT2D eigenvalue weighted by molar-refractivity contribution is 5.81. The van der Waals surface area contributed by atoms with Gasteiger partial charge in [-0.15, -0.1) is 0 Å². The number of likely N-dealkylation sites (tertiary alicyclic amines) is 1. The predicted molar refractivity (Wildman–Crippen MR) is 81.3 cm³/mol. The van der Waals surface area contributed by atoms with Crippen LogP contribution >= 0.6 is 0 Å². The van der Waals surface area contributed by atoms with Crippen LogP contribution in [0.2, 0.25) is 0 Å². The second kappa shape index (κ2) is 7.09. The Hall–Kier alpha value is -1.06. The smallest absolute Gasteiger partial charge is 0.225 e. The monoisotopic (exact) mass is 282 g/mol. The number of rotatable bonds is 4. The molecular formula is C16H30N2O2. The Labute approximate surface area is 123 Å². The number of hydrogen-bond donors (Lipinski definition) is 1. The first kappa shape index (κ1) is 17.0. The minimum Gasteiger partial charge on any atom is -0.353 e. The van der Waals surface area contributed by atoms with E-state index in [1.807, 2.05) is 25.7 Å². The van der Waals surface area contributed by atoms with Crippen LogP contribution in [-0.2, 0) is 9.59 Å². The molecule has 0 aromatic heterocycles. The van der Waals surface area contributed by atoms with Gasteiger partial charge < -0.3 is 10.2 Å². The van der Waals surface area contributed by atoms with Gasteiger partial charge in [-0.05, 0) is 25.7 Å². The van der Waals surface area contributed by atoms with Crippen molar-refractivity contribution in [1.29, 1.82) is 0 Å². The zero-order valence-corrected chi connectivity index (χ0v) is 13.7. The molecule has 0 bridgehead atoms. The standard InChI is InChI=1S/C16H30N2O2/c1-6-12(7-2)14(19)18-10-8-13(9-11-18)17-15(20)16(3,4)5/h12-13H,6-11H2,1-5H3,(H,17,20). The van der Waals surface area contributed by atoms with Crippen LogP contribution in [-0.4, -0.2) is 35.8 Å². The van der Waals surface area contributed by atoms with Crippen LogP contribution in [0.25, 0.3) is 0 Å². The van der Waals surface area contributed by atoms with Crippen molar-refractivity contribution in [3.05, 3.63) is 0 Å². The summed E-state index contributed by atoms with van der Waals surface area (Å²) >= 11 is 0. The van der Waals surface area contributed by atoms with Gasteiger partial charge in [-0.2, -0.15) is 0 Å². The molecule has 1 saturated heterocycles. The molecule has 0 unspecified atom stereocenters. The van der Waals surface area contributed by atoms with E-state index < -0.39 is 0 Å². The lowest BCUT2D eigenvalue weighted by atomic mass is 9.93. The van der Waals surface area contributed by atoms with Crippen LogP contribution in [0.15, 0.2) is 0 Å². The SMILES string of the molecule is CCC(CC)C(=O)N1CCC(NC(=O)C(C)(C)C)CC1. The number of nitrogens with one attached hydrogen (secondary N) is 1. The van der Waals surface area contributed by atoms with Gasteiger partial charge in [0.05, 0.1) is 0 Å². The molecule has 0 saturated carbocycles. The second-order valence-electron chi connectivity index (χ2n) is 6.84. The molecule has 0 radical (unpaired) electrons. The van der Waals surface area contributed by atoms with E-state index in [0.29, 0.717) is 0 Å². The molecule has 116 valence electrons. The van der Waals surface area contributed by atoms with Gasteiger partial charge in [-0.3, -0.25) is 9.59 Å². The van der Waals surface area contributed by atoms with E-state index in [-0.39, 0.29) is 29.2 Å². The molecular weight excluding hydrogens is 252 g/mol. The van der Waals surface area contributed by atoms with Crippen molar-refractivity contribution in [2.45, 2.75) is 66.3 Å². The van der Waals surface area contributed by atoms with Crippen molar-refractivity contribution in [3.8, 4) is 0 Å². The number of nitrogens with zero attached hydrogens (tertiary/aromatic N) is 1. The second-order valence-corrected chi connectivity index (χ2v) is 6.84. The van der Waals surface area contributed by atoms with Gasteiger partial charge in [0.2, 0.25) is 11.8 Å². The van der Waals surface area contributed by atoms with Crippen molar-refractivity contribution in [3.63, 3.8) is 0 Å². The molecule has 1 heterocycles. The molecule has 20 heavy (non-hydrogen) atoms. The predicted octanol–water partition coefficient (Wildman–Crippen LogP) is 2.58. The summed E-state index contributed by atoms with van der Waals surface area (Å²) in [6, 6.07) is 0.215. The highest BCUT2D eigenvalue weighted by atomic mass is 16.2. The molecule has 4 nitrogen and oxygen atoms in total. The highest BCUT2D eigenvalue weighted by Crippen LogP contribution is 2.19. The van der Waals surface area contributed by atoms with Crippen molar-refractivity contribution >= 4 is 11.8 Å². The fourth-order valence-electron chi connectivity index (χ4n) is 2.54. The first-order valence-electron chi connectivity index (χ1n) is 7.89. The molecule has 4 heteroatoms. The van der Waals surface area contributed by atoms with Crippen molar-refractivity contribution in [1.82, 2.24) is 10.2 Å². The Morgan fingerprint density at radius 2 is 1.65 bits per heavy atom. The van der Waals surface area contributed by atoms with E-state index >= 15 is 0 Å². The van der Waals surface area contributed by atoms with Crippen molar-refractivity contribution in [2.75, 3.05) is 13.1 Å². The number of hydrogen-bond acceptors (Lipinski definition) is 2. The summed E-state index contributed by atoms with van der Waals surface area (Å²) in [6.07, 6.45) is 3.56. The maximum Gasteiger partial charge on any atom is 0.225 e. The fourth-order valence-corrected chi connectivity index (χ4v) is 2.54. The quantitative estimate of drug-likeness (QED) is 0.861. The summed E-state index contributed by atoms with van der Waals surface area (Å²) in [5.41, 5.74) is -0.345. The maximum atomic E-state index is 12.3. The molecule has 0 atom stereocenters. The molecule has 1 N–H and O–H groups in total. The normalized spacial score (nSPS) is 17.4. The Balaban J connectivity index is 2.44. The number of carbonyl (C=O) groups excluding carboxylic acids is 2.